The van der Waals surface area contributed by atoms with Crippen molar-refractivity contribution in [1.82, 2.24) is 0 Å². The SMILES string of the molecule is C/C=C/C.C/C=C/CC.C=C.C=CCCC.CC/C=C/CC.CCC/C=C/CCC. The molecule has 0 aliphatic heterocycles. The summed E-state index contributed by atoms with van der Waals surface area (Å²) in [5.74, 6) is 0. The highest BCUT2D eigenvalue weighted by Crippen LogP contribution is 1.92. The summed E-state index contributed by atoms with van der Waals surface area (Å²) in [7, 11) is 0. The topological polar surface area (TPSA) is 0 Å². The highest BCUT2D eigenvalue weighted by Gasteiger charge is 1.72. The van der Waals surface area contributed by atoms with Gasteiger partial charge >= 0.3 is 0 Å². The average Bonchev–Trinajstić information content (AvgIpc) is 2.79. The molecule has 0 heteroatoms. The molecule has 0 aromatic heterocycles. The van der Waals surface area contributed by atoms with Crippen LogP contribution in [-0.4, -0.2) is 0 Å². The van der Waals surface area contributed by atoms with Gasteiger partial charge in [-0.25, -0.2) is 0 Å². The van der Waals surface area contributed by atoms with Crippen LogP contribution in [0.4, 0.5) is 0 Å². The van der Waals surface area contributed by atoms with Gasteiger partial charge in [0.25, 0.3) is 0 Å². The van der Waals surface area contributed by atoms with Gasteiger partial charge in [-0.15, -0.1) is 19.7 Å². The van der Waals surface area contributed by atoms with Crippen LogP contribution in [0.2, 0.25) is 0 Å². The van der Waals surface area contributed by atoms with Gasteiger partial charge in [-0.2, -0.15) is 0 Å². The lowest BCUT2D eigenvalue weighted by Crippen LogP contribution is -1.62. The maximum Gasteiger partial charge on any atom is -0.0353 e. The van der Waals surface area contributed by atoms with Crippen LogP contribution < -0.4 is 0 Å². The molecule has 0 fully saturated rings. The van der Waals surface area contributed by atoms with E-state index in [2.05, 4.69) is 97.7 Å². The Hall–Kier alpha value is -1.56. The number of rotatable bonds is 9. The van der Waals surface area contributed by atoms with Crippen LogP contribution in [0.5, 0.6) is 0 Å². The van der Waals surface area contributed by atoms with E-state index in [0.717, 1.165) is 12.8 Å². The first kappa shape index (κ1) is 42.5. The third-order valence-corrected chi connectivity index (χ3v) is 3.01. The molecule has 0 saturated heterocycles. The fraction of sp³-hybridized carbons (Fsp3) is 0.600. The van der Waals surface area contributed by atoms with Gasteiger partial charge in [0, 0.05) is 0 Å². The van der Waals surface area contributed by atoms with Crippen molar-refractivity contribution in [3.8, 4) is 0 Å². The number of allylic oxidation sites excluding steroid dienone is 9. The average molecular weight is 421 g/mol. The fourth-order valence-corrected chi connectivity index (χ4v) is 1.34. The van der Waals surface area contributed by atoms with E-state index in [4.69, 9.17) is 0 Å². The number of unbranched alkanes of at least 4 members (excludes halogenated alkanes) is 3. The van der Waals surface area contributed by atoms with E-state index in [0.29, 0.717) is 0 Å². The lowest BCUT2D eigenvalue weighted by Gasteiger charge is -1.83. The molecular formula is C30H60. The van der Waals surface area contributed by atoms with Crippen LogP contribution in [0.15, 0.2) is 74.4 Å². The zero-order valence-electron chi connectivity index (χ0n) is 22.7. The Labute approximate surface area is 194 Å². The lowest BCUT2D eigenvalue weighted by molar-refractivity contribution is 0.921. The molecule has 0 amide bonds. The van der Waals surface area contributed by atoms with Crippen molar-refractivity contribution in [2.24, 2.45) is 0 Å². The van der Waals surface area contributed by atoms with E-state index in [-0.39, 0.29) is 0 Å². The van der Waals surface area contributed by atoms with E-state index in [1.807, 2.05) is 39.0 Å². The Morgan fingerprint density at radius 1 is 0.467 bits per heavy atom. The quantitative estimate of drug-likeness (QED) is 0.325. The predicted octanol–water partition coefficient (Wildman–Crippen LogP) is 11.8. The summed E-state index contributed by atoms with van der Waals surface area (Å²) in [4.78, 5) is 0. The Morgan fingerprint density at radius 2 is 0.800 bits per heavy atom. The molecule has 0 heterocycles. The number of hydrogen-bond donors (Lipinski definition) is 0. The monoisotopic (exact) mass is 420 g/mol. The maximum atomic E-state index is 3.55. The van der Waals surface area contributed by atoms with Gasteiger partial charge in [-0.3, -0.25) is 0 Å². The molecule has 0 aromatic carbocycles. The lowest BCUT2D eigenvalue weighted by atomic mass is 10.2. The van der Waals surface area contributed by atoms with Gasteiger partial charge in [0.1, 0.15) is 0 Å². The van der Waals surface area contributed by atoms with Gasteiger partial charge in [0.05, 0.1) is 0 Å². The van der Waals surface area contributed by atoms with Crippen molar-refractivity contribution in [1.29, 1.82) is 0 Å². The smallest absolute Gasteiger partial charge is 0.0353 e. The Balaban J connectivity index is -0.0000000599. The minimum atomic E-state index is 1.15. The molecule has 0 bridgehead atoms. The van der Waals surface area contributed by atoms with Crippen LogP contribution >= 0.6 is 0 Å². The second kappa shape index (κ2) is 71.0. The van der Waals surface area contributed by atoms with Gasteiger partial charge < -0.3 is 0 Å². The van der Waals surface area contributed by atoms with Crippen molar-refractivity contribution in [3.05, 3.63) is 74.4 Å². The molecule has 0 saturated carbocycles. The van der Waals surface area contributed by atoms with E-state index >= 15 is 0 Å². The molecule has 0 spiro atoms. The van der Waals surface area contributed by atoms with Crippen LogP contribution in [0.1, 0.15) is 120 Å². The number of hydrogen-bond acceptors (Lipinski definition) is 0. The van der Waals surface area contributed by atoms with E-state index in [1.165, 1.54) is 44.9 Å². The van der Waals surface area contributed by atoms with E-state index < -0.39 is 0 Å². The standard InChI is InChI=1S/C8H16.C6H12.2C5H10.C4H8.C2H4/c1-3-5-7-8-6-4-2;1-3-5-6-4-2;2*1-3-5-4-2;1-3-4-2;1-2/h7-8H,3-6H2,1-2H3;5-6H,3-4H2,1-2H3;3,5H,4H2,1-2H3;3H,1,4-5H2,2H3;3-4H,1-2H3;1-2H2/b8-7+;6-5+;5-3+;;4-3+;. The van der Waals surface area contributed by atoms with E-state index in [9.17, 15) is 0 Å². The maximum absolute atomic E-state index is 3.55. The highest BCUT2D eigenvalue weighted by atomic mass is 13.8. The van der Waals surface area contributed by atoms with Gasteiger partial charge in [-0.1, -0.05) is 115 Å². The molecule has 0 N–H and O–H groups in total. The summed E-state index contributed by atoms with van der Waals surface area (Å²) >= 11 is 0. The molecule has 0 rings (SSSR count). The van der Waals surface area contributed by atoms with Crippen molar-refractivity contribution in [2.45, 2.75) is 120 Å². The summed E-state index contributed by atoms with van der Waals surface area (Å²) < 4.78 is 0. The fourth-order valence-electron chi connectivity index (χ4n) is 1.34. The highest BCUT2D eigenvalue weighted by molar-refractivity contribution is 4.80. The molecule has 0 radical (unpaired) electrons. The molecular weight excluding hydrogens is 360 g/mol. The zero-order valence-corrected chi connectivity index (χ0v) is 22.7. The second-order valence-electron chi connectivity index (χ2n) is 6.06. The van der Waals surface area contributed by atoms with Crippen LogP contribution in [-0.2, 0) is 0 Å². The third kappa shape index (κ3) is 131. The summed E-state index contributed by atoms with van der Waals surface area (Å²) in [6.07, 6.45) is 30.0. The second-order valence-corrected chi connectivity index (χ2v) is 6.06. The van der Waals surface area contributed by atoms with Gasteiger partial charge in [0.15, 0.2) is 0 Å². The molecule has 180 valence electrons. The van der Waals surface area contributed by atoms with Crippen molar-refractivity contribution in [3.63, 3.8) is 0 Å². The molecule has 30 heavy (non-hydrogen) atoms. The molecule has 0 aromatic rings. The van der Waals surface area contributed by atoms with E-state index in [1.54, 1.807) is 0 Å². The third-order valence-electron chi connectivity index (χ3n) is 3.01. The predicted molar refractivity (Wildman–Crippen MR) is 151 cm³/mol. The van der Waals surface area contributed by atoms with Gasteiger partial charge in [0.2, 0.25) is 0 Å². The summed E-state index contributed by atoms with van der Waals surface area (Å²) in [5.41, 5.74) is 0. The van der Waals surface area contributed by atoms with Crippen molar-refractivity contribution >= 4 is 0 Å². The van der Waals surface area contributed by atoms with Gasteiger partial charge in [-0.05, 0) is 59.3 Å². The van der Waals surface area contributed by atoms with Crippen LogP contribution in [0, 0.1) is 0 Å². The summed E-state index contributed by atoms with van der Waals surface area (Å²) in [6, 6.07) is 0. The van der Waals surface area contributed by atoms with Crippen LogP contribution in [0.3, 0.4) is 0 Å². The first-order valence-corrected chi connectivity index (χ1v) is 12.2. The zero-order chi connectivity index (χ0) is 24.7. The normalized spacial score (nSPS) is 9.23. The Bertz CT molecular complexity index is 297. The minimum Gasteiger partial charge on any atom is -0.106 e. The Kier molecular flexibility index (Phi) is 101. The minimum absolute atomic E-state index is 1.15. The summed E-state index contributed by atoms with van der Waals surface area (Å²) in [6.45, 7) is 28.5. The molecule has 0 nitrogen and oxygen atoms in total. The first-order chi connectivity index (χ1) is 14.6. The first-order valence-electron chi connectivity index (χ1n) is 12.2. The molecule has 0 aliphatic rings. The van der Waals surface area contributed by atoms with Crippen molar-refractivity contribution in [2.75, 3.05) is 0 Å². The Morgan fingerprint density at radius 3 is 0.900 bits per heavy atom. The summed E-state index contributed by atoms with van der Waals surface area (Å²) in [5, 5.41) is 0. The molecule has 0 unspecified atom stereocenters. The van der Waals surface area contributed by atoms with Crippen molar-refractivity contribution < 1.29 is 0 Å². The van der Waals surface area contributed by atoms with Crippen LogP contribution in [0.25, 0.3) is 0 Å². The molecule has 0 aliphatic carbocycles. The largest absolute Gasteiger partial charge is 0.106 e. The molecule has 0 atom stereocenters.